The zero-order chi connectivity index (χ0) is 19.5. The molecule has 0 bridgehead atoms. The molecule has 148 valence electrons. The van der Waals surface area contributed by atoms with Crippen molar-refractivity contribution in [1.82, 2.24) is 15.1 Å². The van der Waals surface area contributed by atoms with E-state index in [1.807, 2.05) is 18.2 Å². The third kappa shape index (κ3) is 3.95. The van der Waals surface area contributed by atoms with Gasteiger partial charge >= 0.3 is 0 Å². The quantitative estimate of drug-likeness (QED) is 0.797. The van der Waals surface area contributed by atoms with Gasteiger partial charge in [-0.05, 0) is 37.0 Å². The van der Waals surface area contributed by atoms with Crippen molar-refractivity contribution in [3.63, 3.8) is 0 Å². The van der Waals surface area contributed by atoms with E-state index in [9.17, 15) is 9.59 Å². The summed E-state index contributed by atoms with van der Waals surface area (Å²) in [4.78, 5) is 24.7. The summed E-state index contributed by atoms with van der Waals surface area (Å²) in [6.07, 6.45) is 4.72. The van der Waals surface area contributed by atoms with Gasteiger partial charge in [-0.2, -0.15) is 5.10 Å². The minimum absolute atomic E-state index is 0.00951. The lowest BCUT2D eigenvalue weighted by Crippen LogP contribution is -2.26. The highest BCUT2D eigenvalue weighted by Crippen LogP contribution is 2.32. The minimum atomic E-state index is -0.266. The van der Waals surface area contributed by atoms with Crippen molar-refractivity contribution in [2.24, 2.45) is 13.0 Å². The van der Waals surface area contributed by atoms with Gasteiger partial charge in [0.1, 0.15) is 5.82 Å². The third-order valence-electron chi connectivity index (χ3n) is 5.23. The molecule has 0 unspecified atom stereocenters. The van der Waals surface area contributed by atoms with Crippen molar-refractivity contribution in [1.29, 1.82) is 0 Å². The van der Waals surface area contributed by atoms with Crippen molar-refractivity contribution in [2.75, 3.05) is 18.7 Å². The first-order valence-corrected chi connectivity index (χ1v) is 9.62. The van der Waals surface area contributed by atoms with Crippen molar-refractivity contribution in [2.45, 2.75) is 32.1 Å². The molecule has 28 heavy (non-hydrogen) atoms. The summed E-state index contributed by atoms with van der Waals surface area (Å²) in [6.45, 7) is 0.716. The first kappa shape index (κ1) is 18.3. The number of anilines is 1. The number of nitrogens with zero attached hydrogens (tertiary/aromatic N) is 2. The summed E-state index contributed by atoms with van der Waals surface area (Å²) < 4.78 is 12.2. The number of ether oxygens (including phenoxy) is 2. The maximum absolute atomic E-state index is 12.4. The average molecular weight is 384 g/mol. The minimum Gasteiger partial charge on any atom is -0.454 e. The number of carbonyl (C=O) groups excluding carboxylic acids is 2. The van der Waals surface area contributed by atoms with E-state index in [-0.39, 0.29) is 30.2 Å². The number of hydrogen-bond donors (Lipinski definition) is 2. The van der Waals surface area contributed by atoms with Crippen molar-refractivity contribution >= 4 is 17.6 Å². The maximum Gasteiger partial charge on any atom is 0.271 e. The fourth-order valence-electron chi connectivity index (χ4n) is 3.62. The number of aryl methyl sites for hydroxylation is 1. The lowest BCUT2D eigenvalue weighted by atomic mass is 10.1. The Hall–Kier alpha value is -3.03. The van der Waals surface area contributed by atoms with E-state index >= 15 is 0 Å². The molecule has 2 amide bonds. The highest BCUT2D eigenvalue weighted by molar-refractivity contribution is 5.96. The maximum atomic E-state index is 12.4. The molecular weight excluding hydrogens is 360 g/mol. The number of nitrogens with one attached hydrogen (secondary N) is 2. The second-order valence-electron chi connectivity index (χ2n) is 7.20. The van der Waals surface area contributed by atoms with E-state index in [4.69, 9.17) is 9.47 Å². The average Bonchev–Trinajstić information content (AvgIpc) is 3.42. The molecule has 8 nitrogen and oxygen atoms in total. The van der Waals surface area contributed by atoms with Crippen LogP contribution in [0.3, 0.4) is 0 Å². The van der Waals surface area contributed by atoms with Crippen LogP contribution in [0.2, 0.25) is 0 Å². The lowest BCUT2D eigenvalue weighted by Gasteiger charge is -2.09. The summed E-state index contributed by atoms with van der Waals surface area (Å²) in [6, 6.07) is 7.36. The van der Waals surface area contributed by atoms with E-state index in [2.05, 4.69) is 15.7 Å². The van der Waals surface area contributed by atoms with E-state index < -0.39 is 0 Å². The Morgan fingerprint density at radius 3 is 2.79 bits per heavy atom. The predicted octanol–water partition coefficient (Wildman–Crippen LogP) is 2.25. The van der Waals surface area contributed by atoms with Crippen LogP contribution in [0.1, 0.15) is 41.7 Å². The molecule has 0 atom stereocenters. The van der Waals surface area contributed by atoms with E-state index in [1.54, 1.807) is 13.1 Å². The Kier molecular flexibility index (Phi) is 5.18. The number of benzene rings is 1. The summed E-state index contributed by atoms with van der Waals surface area (Å²) in [5.74, 6) is 1.82. The topological polar surface area (TPSA) is 94.5 Å². The molecule has 2 aliphatic rings. The number of rotatable bonds is 6. The molecule has 1 fully saturated rings. The Balaban J connectivity index is 1.30. The molecule has 0 saturated heterocycles. The molecule has 1 aliphatic heterocycles. The molecule has 1 aromatic carbocycles. The van der Waals surface area contributed by atoms with Gasteiger partial charge in [-0.15, -0.1) is 0 Å². The molecule has 0 radical (unpaired) electrons. The van der Waals surface area contributed by atoms with E-state index in [0.29, 0.717) is 18.8 Å². The molecule has 1 saturated carbocycles. The second kappa shape index (κ2) is 7.92. The van der Waals surface area contributed by atoms with Crippen molar-refractivity contribution < 1.29 is 19.1 Å². The SMILES string of the molecule is Cn1nc(C(=O)NCCc2ccc3c(c2)OCO3)cc1NC(=O)C1CCCC1. The Morgan fingerprint density at radius 1 is 1.18 bits per heavy atom. The van der Waals surface area contributed by atoms with Crippen LogP contribution in [0.4, 0.5) is 5.82 Å². The Bertz CT molecular complexity index is 886. The first-order chi connectivity index (χ1) is 13.6. The van der Waals surface area contributed by atoms with Gasteiger partial charge in [-0.25, -0.2) is 0 Å². The van der Waals surface area contributed by atoms with Crippen molar-refractivity contribution in [3.05, 3.63) is 35.5 Å². The summed E-state index contributed by atoms with van der Waals surface area (Å²) in [7, 11) is 1.72. The van der Waals surface area contributed by atoms with Gasteiger partial charge in [0.25, 0.3) is 5.91 Å². The zero-order valence-corrected chi connectivity index (χ0v) is 15.9. The van der Waals surface area contributed by atoms with Crippen LogP contribution in [-0.4, -0.2) is 34.9 Å². The van der Waals surface area contributed by atoms with Gasteiger partial charge in [0.05, 0.1) is 0 Å². The molecule has 1 aromatic heterocycles. The highest BCUT2D eigenvalue weighted by atomic mass is 16.7. The van der Waals surface area contributed by atoms with Crippen LogP contribution in [0.15, 0.2) is 24.3 Å². The highest BCUT2D eigenvalue weighted by Gasteiger charge is 2.24. The largest absolute Gasteiger partial charge is 0.454 e. The molecular formula is C20H24N4O4. The second-order valence-corrected chi connectivity index (χ2v) is 7.20. The normalized spacial score (nSPS) is 15.6. The summed E-state index contributed by atoms with van der Waals surface area (Å²) >= 11 is 0. The van der Waals surface area contributed by atoms with Gasteiger partial charge < -0.3 is 20.1 Å². The molecule has 2 heterocycles. The number of fused-ring (bicyclic) bond motifs is 1. The standard InChI is InChI=1S/C20H24N4O4/c1-24-18(22-19(25)14-4-2-3-5-14)11-15(23-24)20(26)21-9-8-13-6-7-16-17(10-13)28-12-27-16/h6-7,10-11,14H,2-5,8-9,12H2,1H3,(H,21,26)(H,22,25). The molecule has 2 aromatic rings. The van der Waals surface area contributed by atoms with Crippen LogP contribution < -0.4 is 20.1 Å². The van der Waals surface area contributed by atoms with Gasteiger partial charge in [0.15, 0.2) is 17.2 Å². The van der Waals surface area contributed by atoms with Gasteiger partial charge in [0, 0.05) is 25.6 Å². The fourth-order valence-corrected chi connectivity index (χ4v) is 3.62. The van der Waals surface area contributed by atoms with Crippen LogP contribution in [-0.2, 0) is 18.3 Å². The van der Waals surface area contributed by atoms with E-state index in [1.165, 1.54) is 4.68 Å². The van der Waals surface area contributed by atoms with Crippen LogP contribution >= 0.6 is 0 Å². The smallest absolute Gasteiger partial charge is 0.271 e. The van der Waals surface area contributed by atoms with Gasteiger partial charge in [-0.3, -0.25) is 14.3 Å². The number of hydrogen-bond acceptors (Lipinski definition) is 5. The first-order valence-electron chi connectivity index (χ1n) is 9.62. The van der Waals surface area contributed by atoms with Crippen LogP contribution in [0.5, 0.6) is 11.5 Å². The molecule has 1 aliphatic carbocycles. The van der Waals surface area contributed by atoms with Crippen molar-refractivity contribution in [3.8, 4) is 11.5 Å². The zero-order valence-electron chi connectivity index (χ0n) is 15.9. The van der Waals surface area contributed by atoms with Gasteiger partial charge in [0.2, 0.25) is 12.7 Å². The fraction of sp³-hybridized carbons (Fsp3) is 0.450. The molecule has 8 heteroatoms. The Morgan fingerprint density at radius 2 is 1.96 bits per heavy atom. The molecule has 2 N–H and O–H groups in total. The molecule has 0 spiro atoms. The Labute approximate surface area is 163 Å². The van der Waals surface area contributed by atoms with Crippen LogP contribution in [0.25, 0.3) is 0 Å². The van der Waals surface area contributed by atoms with E-state index in [0.717, 1.165) is 42.7 Å². The number of carbonyl (C=O) groups is 2. The third-order valence-corrected chi connectivity index (χ3v) is 5.23. The van der Waals surface area contributed by atoms with Crippen LogP contribution in [0, 0.1) is 5.92 Å². The predicted molar refractivity (Wildman–Crippen MR) is 102 cm³/mol. The molecule has 4 rings (SSSR count). The number of amides is 2. The monoisotopic (exact) mass is 384 g/mol. The lowest BCUT2D eigenvalue weighted by molar-refractivity contribution is -0.119. The van der Waals surface area contributed by atoms with Gasteiger partial charge in [-0.1, -0.05) is 18.9 Å². The summed E-state index contributed by atoms with van der Waals surface area (Å²) in [5.41, 5.74) is 1.34. The summed E-state index contributed by atoms with van der Waals surface area (Å²) in [5, 5.41) is 9.97. The number of aromatic nitrogens is 2.